The summed E-state index contributed by atoms with van der Waals surface area (Å²) in [4.78, 5) is 0. The summed E-state index contributed by atoms with van der Waals surface area (Å²) in [6.45, 7) is 6.88. The van der Waals surface area contributed by atoms with Gasteiger partial charge in [-0.3, -0.25) is 0 Å². The highest BCUT2D eigenvalue weighted by atomic mass is 14.2. The number of hydrogen-bond acceptors (Lipinski definition) is 0. The largest absolute Gasteiger partial charge is 0.0616 e. The first-order valence-electron chi connectivity index (χ1n) is 7.89. The normalized spacial score (nSPS) is 12.3. The van der Waals surface area contributed by atoms with Crippen LogP contribution in [0.5, 0.6) is 0 Å². The van der Waals surface area contributed by atoms with Gasteiger partial charge in [-0.2, -0.15) is 0 Å². The first kappa shape index (κ1) is 13.3. The van der Waals surface area contributed by atoms with Crippen LogP contribution >= 0.6 is 0 Å². The second-order valence-electron chi connectivity index (χ2n) is 7.10. The summed E-state index contributed by atoms with van der Waals surface area (Å²) in [5.41, 5.74) is 1.56. The van der Waals surface area contributed by atoms with Crippen molar-refractivity contribution in [2.45, 2.75) is 26.2 Å². The van der Waals surface area contributed by atoms with Crippen molar-refractivity contribution in [1.82, 2.24) is 0 Å². The van der Waals surface area contributed by atoms with Crippen molar-refractivity contribution in [3.8, 4) is 0 Å². The molecule has 0 nitrogen and oxygen atoms in total. The Kier molecular flexibility index (Phi) is 2.77. The van der Waals surface area contributed by atoms with E-state index >= 15 is 0 Å². The van der Waals surface area contributed by atoms with Crippen LogP contribution in [0.1, 0.15) is 26.3 Å². The minimum atomic E-state index is 0.138. The fourth-order valence-corrected chi connectivity index (χ4v) is 3.50. The van der Waals surface area contributed by atoms with Gasteiger partial charge in [-0.25, -0.2) is 0 Å². The number of fused-ring (bicyclic) bond motifs is 5. The molecule has 0 amide bonds. The predicted molar refractivity (Wildman–Crippen MR) is 97.7 cm³/mol. The van der Waals surface area contributed by atoms with Gasteiger partial charge >= 0.3 is 0 Å². The molecule has 0 heteroatoms. The first-order chi connectivity index (χ1) is 10.6. The summed E-state index contributed by atoms with van der Waals surface area (Å²) >= 11 is 0. The van der Waals surface area contributed by atoms with Gasteiger partial charge in [-0.05, 0) is 49.4 Å². The van der Waals surface area contributed by atoms with Gasteiger partial charge in [0.05, 0.1) is 0 Å². The van der Waals surface area contributed by atoms with Crippen molar-refractivity contribution in [3.05, 3.63) is 72.3 Å². The lowest BCUT2D eigenvalue weighted by atomic mass is 9.81. The smallest absolute Gasteiger partial charge is 0.00266 e. The number of benzene rings is 4. The monoisotopic (exact) mass is 284 g/mol. The van der Waals surface area contributed by atoms with Gasteiger partial charge in [0, 0.05) is 0 Å². The lowest BCUT2D eigenvalue weighted by Gasteiger charge is -2.23. The average Bonchev–Trinajstić information content (AvgIpc) is 2.52. The maximum Gasteiger partial charge on any atom is -0.00266 e. The van der Waals surface area contributed by atoms with Gasteiger partial charge < -0.3 is 0 Å². The summed E-state index contributed by atoms with van der Waals surface area (Å²) in [6.07, 6.45) is 0. The molecule has 0 aliphatic rings. The Morgan fingerprint density at radius 3 is 1.91 bits per heavy atom. The van der Waals surface area contributed by atoms with Crippen LogP contribution in [0, 0.1) is 0 Å². The van der Waals surface area contributed by atoms with Crippen LogP contribution in [-0.2, 0) is 5.41 Å². The minimum absolute atomic E-state index is 0.138. The zero-order valence-electron chi connectivity index (χ0n) is 13.4. The first-order valence-corrected chi connectivity index (χ1v) is 7.89. The van der Waals surface area contributed by atoms with Crippen LogP contribution < -0.4 is 0 Å². The van der Waals surface area contributed by atoms with E-state index in [1.54, 1.807) is 0 Å². The molecule has 4 aromatic carbocycles. The van der Waals surface area contributed by atoms with Gasteiger partial charge in [0.2, 0.25) is 0 Å². The van der Waals surface area contributed by atoms with Crippen molar-refractivity contribution in [2.75, 3.05) is 0 Å². The molecular weight excluding hydrogens is 264 g/mol. The fourth-order valence-electron chi connectivity index (χ4n) is 3.50. The van der Waals surface area contributed by atoms with Gasteiger partial charge in [-0.15, -0.1) is 0 Å². The van der Waals surface area contributed by atoms with Crippen molar-refractivity contribution >= 4 is 32.3 Å². The summed E-state index contributed by atoms with van der Waals surface area (Å²) in [7, 11) is 0. The maximum absolute atomic E-state index is 2.38. The molecule has 0 aliphatic carbocycles. The Labute approximate surface area is 131 Å². The van der Waals surface area contributed by atoms with E-state index in [1.165, 1.54) is 37.9 Å². The Morgan fingerprint density at radius 1 is 0.591 bits per heavy atom. The van der Waals surface area contributed by atoms with Crippen LogP contribution in [0.15, 0.2) is 66.7 Å². The zero-order valence-corrected chi connectivity index (χ0v) is 13.4. The zero-order chi connectivity index (χ0) is 15.3. The maximum atomic E-state index is 2.38. The van der Waals surface area contributed by atoms with Crippen molar-refractivity contribution in [2.24, 2.45) is 0 Å². The molecule has 4 aromatic rings. The molecule has 0 aliphatic heterocycles. The Morgan fingerprint density at radius 2 is 1.18 bits per heavy atom. The van der Waals surface area contributed by atoms with Gasteiger partial charge in [-0.1, -0.05) is 81.4 Å². The molecule has 4 rings (SSSR count). The van der Waals surface area contributed by atoms with Gasteiger partial charge in [0.1, 0.15) is 0 Å². The highest BCUT2D eigenvalue weighted by Gasteiger charge is 2.18. The van der Waals surface area contributed by atoms with E-state index in [-0.39, 0.29) is 5.41 Å². The third kappa shape index (κ3) is 1.91. The molecular formula is C22H20. The molecule has 0 unspecified atom stereocenters. The summed E-state index contributed by atoms with van der Waals surface area (Å²) in [6, 6.07) is 24.4. The Bertz CT molecular complexity index is 1000. The average molecular weight is 284 g/mol. The standard InChI is InChI=1S/C22H20/c1-22(2,3)20-14-16-13-12-15-8-4-5-9-17(15)21(16)19-11-7-6-10-18(19)20/h4-14H,1-3H3. The molecule has 0 radical (unpaired) electrons. The molecule has 0 saturated carbocycles. The van der Waals surface area contributed by atoms with Crippen LogP contribution in [-0.4, -0.2) is 0 Å². The lowest BCUT2D eigenvalue weighted by molar-refractivity contribution is 0.596. The summed E-state index contributed by atoms with van der Waals surface area (Å²) in [5, 5.41) is 8.10. The number of rotatable bonds is 0. The van der Waals surface area contributed by atoms with Gasteiger partial charge in [0.15, 0.2) is 0 Å². The van der Waals surface area contributed by atoms with E-state index in [1.807, 2.05) is 0 Å². The van der Waals surface area contributed by atoms with Crippen LogP contribution in [0.3, 0.4) is 0 Å². The van der Waals surface area contributed by atoms with Crippen LogP contribution in [0.2, 0.25) is 0 Å². The van der Waals surface area contributed by atoms with E-state index in [9.17, 15) is 0 Å². The fraction of sp³-hybridized carbons (Fsp3) is 0.182. The topological polar surface area (TPSA) is 0 Å². The molecule has 22 heavy (non-hydrogen) atoms. The van der Waals surface area contributed by atoms with E-state index in [4.69, 9.17) is 0 Å². The van der Waals surface area contributed by atoms with E-state index in [0.29, 0.717) is 0 Å². The molecule has 108 valence electrons. The highest BCUT2D eigenvalue weighted by Crippen LogP contribution is 2.38. The highest BCUT2D eigenvalue weighted by molar-refractivity contribution is 6.21. The van der Waals surface area contributed by atoms with Crippen LogP contribution in [0.25, 0.3) is 32.3 Å². The summed E-state index contributed by atoms with van der Waals surface area (Å²) < 4.78 is 0. The van der Waals surface area contributed by atoms with E-state index in [0.717, 1.165) is 0 Å². The molecule has 0 saturated heterocycles. The van der Waals surface area contributed by atoms with E-state index < -0.39 is 0 Å². The Balaban J connectivity index is 2.31. The van der Waals surface area contributed by atoms with E-state index in [2.05, 4.69) is 87.5 Å². The molecule has 0 spiro atoms. The Hall–Kier alpha value is -2.34. The summed E-state index contributed by atoms with van der Waals surface area (Å²) in [5.74, 6) is 0. The van der Waals surface area contributed by atoms with Gasteiger partial charge in [0.25, 0.3) is 0 Å². The van der Waals surface area contributed by atoms with Crippen LogP contribution in [0.4, 0.5) is 0 Å². The molecule has 0 aromatic heterocycles. The number of hydrogen-bond donors (Lipinski definition) is 0. The quantitative estimate of drug-likeness (QED) is 0.326. The predicted octanol–water partition coefficient (Wildman–Crippen LogP) is 6.44. The molecule has 0 bridgehead atoms. The second-order valence-corrected chi connectivity index (χ2v) is 7.10. The SMILES string of the molecule is CC(C)(C)c1cc2ccc3ccccc3c2c2ccccc12. The minimum Gasteiger partial charge on any atom is -0.0616 e. The lowest BCUT2D eigenvalue weighted by Crippen LogP contribution is -2.11. The molecule has 0 N–H and O–H groups in total. The van der Waals surface area contributed by atoms with Crippen molar-refractivity contribution < 1.29 is 0 Å². The van der Waals surface area contributed by atoms with Crippen molar-refractivity contribution in [3.63, 3.8) is 0 Å². The third-order valence-electron chi connectivity index (χ3n) is 4.56. The van der Waals surface area contributed by atoms with Crippen molar-refractivity contribution in [1.29, 1.82) is 0 Å². The molecule has 0 heterocycles. The third-order valence-corrected chi connectivity index (χ3v) is 4.56. The second kappa shape index (κ2) is 4.58. The molecule has 0 fully saturated rings. The molecule has 0 atom stereocenters.